The Morgan fingerprint density at radius 1 is 1.07 bits per heavy atom. The Hall–Kier alpha value is -1.70. The van der Waals surface area contributed by atoms with Gasteiger partial charge in [-0.1, -0.05) is 31.4 Å². The summed E-state index contributed by atoms with van der Waals surface area (Å²) in [5.74, 6) is 1.72. The second-order valence-corrected chi connectivity index (χ2v) is 3.36. The highest BCUT2D eigenvalue weighted by atomic mass is 16.6. The van der Waals surface area contributed by atoms with Gasteiger partial charge in [-0.15, -0.1) is 0 Å². The van der Waals surface area contributed by atoms with Crippen LogP contribution in [0.3, 0.4) is 0 Å². The lowest BCUT2D eigenvalue weighted by Crippen LogP contribution is -2.12. The number of rotatable bonds is 2. The molecule has 2 heteroatoms. The van der Waals surface area contributed by atoms with Crippen LogP contribution in [0, 0.1) is 0 Å². The number of allylic oxidation sites excluding steroid dienone is 6. The highest BCUT2D eigenvalue weighted by molar-refractivity contribution is 5.50. The summed E-state index contributed by atoms with van der Waals surface area (Å²) in [7, 11) is 0. The van der Waals surface area contributed by atoms with E-state index in [9.17, 15) is 0 Å². The minimum absolute atomic E-state index is 0.614. The lowest BCUT2D eigenvalue weighted by Gasteiger charge is -2.18. The van der Waals surface area contributed by atoms with Crippen LogP contribution in [0.1, 0.15) is 6.42 Å². The second-order valence-electron chi connectivity index (χ2n) is 3.36. The first kappa shape index (κ1) is 9.84. The third kappa shape index (κ3) is 1.89. The molecule has 0 aromatic rings. The molecule has 0 N–H and O–H groups in total. The molecule has 2 rings (SSSR count). The van der Waals surface area contributed by atoms with E-state index in [1.807, 2.05) is 12.2 Å². The molecule has 0 fully saturated rings. The Morgan fingerprint density at radius 3 is 2.53 bits per heavy atom. The molecular weight excluding hydrogens is 188 g/mol. The third-order valence-electron chi connectivity index (χ3n) is 2.46. The maximum atomic E-state index is 5.55. The Kier molecular flexibility index (Phi) is 2.77. The summed E-state index contributed by atoms with van der Waals surface area (Å²) in [5, 5.41) is 0. The summed E-state index contributed by atoms with van der Waals surface area (Å²) in [5.41, 5.74) is 2.10. The lowest BCUT2D eigenvalue weighted by atomic mass is 10.1. The van der Waals surface area contributed by atoms with Gasteiger partial charge in [-0.05, 0) is 17.2 Å². The fourth-order valence-electron chi connectivity index (χ4n) is 1.67. The van der Waals surface area contributed by atoms with Crippen molar-refractivity contribution in [1.29, 1.82) is 0 Å². The van der Waals surface area contributed by atoms with E-state index in [4.69, 9.17) is 9.47 Å². The fraction of sp³-hybridized carbons (Fsp3) is 0.231. The van der Waals surface area contributed by atoms with Gasteiger partial charge in [-0.25, -0.2) is 0 Å². The van der Waals surface area contributed by atoms with Crippen molar-refractivity contribution in [1.82, 2.24) is 0 Å². The maximum Gasteiger partial charge on any atom is 0.158 e. The van der Waals surface area contributed by atoms with Crippen molar-refractivity contribution in [3.05, 3.63) is 60.1 Å². The first-order valence-corrected chi connectivity index (χ1v) is 5.01. The zero-order chi connectivity index (χ0) is 10.7. The van der Waals surface area contributed by atoms with Gasteiger partial charge in [-0.3, -0.25) is 0 Å². The van der Waals surface area contributed by atoms with Crippen LogP contribution in [0.15, 0.2) is 60.1 Å². The van der Waals surface area contributed by atoms with Crippen LogP contribution in [0.25, 0.3) is 0 Å². The molecule has 1 aliphatic carbocycles. The second kappa shape index (κ2) is 4.22. The molecule has 0 amide bonds. The van der Waals surface area contributed by atoms with E-state index in [0.29, 0.717) is 13.2 Å². The Labute approximate surface area is 89.9 Å². The van der Waals surface area contributed by atoms with E-state index >= 15 is 0 Å². The van der Waals surface area contributed by atoms with Crippen molar-refractivity contribution >= 4 is 0 Å². The van der Waals surface area contributed by atoms with Crippen LogP contribution in [-0.2, 0) is 9.47 Å². The van der Waals surface area contributed by atoms with Crippen LogP contribution in [0.5, 0.6) is 0 Å². The molecular formula is C13H14O2. The van der Waals surface area contributed by atoms with Crippen molar-refractivity contribution in [2.45, 2.75) is 6.42 Å². The topological polar surface area (TPSA) is 18.5 Å². The molecule has 78 valence electrons. The summed E-state index contributed by atoms with van der Waals surface area (Å²) in [6, 6.07) is 0. The van der Waals surface area contributed by atoms with Gasteiger partial charge in [0.15, 0.2) is 5.76 Å². The van der Waals surface area contributed by atoms with E-state index in [2.05, 4.69) is 19.2 Å². The summed E-state index contributed by atoms with van der Waals surface area (Å²) in [6.45, 7) is 8.82. The molecule has 0 spiro atoms. The molecule has 1 aliphatic heterocycles. The number of hydrogen-bond donors (Lipinski definition) is 0. The van der Waals surface area contributed by atoms with Gasteiger partial charge in [0, 0.05) is 6.42 Å². The van der Waals surface area contributed by atoms with E-state index in [1.165, 1.54) is 0 Å². The monoisotopic (exact) mass is 202 g/mol. The molecule has 2 nitrogen and oxygen atoms in total. The quantitative estimate of drug-likeness (QED) is 0.685. The van der Waals surface area contributed by atoms with Crippen LogP contribution in [-0.4, -0.2) is 13.2 Å². The predicted molar refractivity (Wildman–Crippen MR) is 60.1 cm³/mol. The van der Waals surface area contributed by atoms with Gasteiger partial charge >= 0.3 is 0 Å². The van der Waals surface area contributed by atoms with Crippen LogP contribution >= 0.6 is 0 Å². The third-order valence-corrected chi connectivity index (χ3v) is 2.46. The normalized spacial score (nSPS) is 20.0. The highest BCUT2D eigenvalue weighted by Crippen LogP contribution is 2.27. The van der Waals surface area contributed by atoms with Gasteiger partial charge in [0.2, 0.25) is 0 Å². The van der Waals surface area contributed by atoms with Crippen molar-refractivity contribution < 1.29 is 9.47 Å². The van der Waals surface area contributed by atoms with Crippen LogP contribution in [0.4, 0.5) is 0 Å². The van der Waals surface area contributed by atoms with Crippen LogP contribution < -0.4 is 0 Å². The molecule has 0 aromatic carbocycles. The highest BCUT2D eigenvalue weighted by Gasteiger charge is 2.16. The van der Waals surface area contributed by atoms with Crippen molar-refractivity contribution in [2.75, 3.05) is 13.2 Å². The Morgan fingerprint density at radius 2 is 1.80 bits per heavy atom. The van der Waals surface area contributed by atoms with Gasteiger partial charge < -0.3 is 9.47 Å². The van der Waals surface area contributed by atoms with Gasteiger partial charge in [0.25, 0.3) is 0 Å². The summed E-state index contributed by atoms with van der Waals surface area (Å²) >= 11 is 0. The molecule has 0 unspecified atom stereocenters. The maximum absolute atomic E-state index is 5.55. The molecule has 0 bridgehead atoms. The van der Waals surface area contributed by atoms with Crippen molar-refractivity contribution in [3.63, 3.8) is 0 Å². The van der Waals surface area contributed by atoms with E-state index in [0.717, 1.165) is 29.1 Å². The Bertz CT molecular complexity index is 383. The largest absolute Gasteiger partial charge is 0.490 e. The van der Waals surface area contributed by atoms with Crippen molar-refractivity contribution in [2.24, 2.45) is 0 Å². The Balaban J connectivity index is 2.40. The van der Waals surface area contributed by atoms with E-state index in [1.54, 1.807) is 6.08 Å². The molecule has 0 saturated carbocycles. The molecule has 0 saturated heterocycles. The minimum Gasteiger partial charge on any atom is -0.490 e. The fourth-order valence-corrected chi connectivity index (χ4v) is 1.67. The average Bonchev–Trinajstić information content (AvgIpc) is 2.47. The molecule has 0 radical (unpaired) electrons. The first-order valence-electron chi connectivity index (χ1n) is 5.01. The summed E-state index contributed by atoms with van der Waals surface area (Å²) in [4.78, 5) is 0. The molecule has 0 atom stereocenters. The zero-order valence-electron chi connectivity index (χ0n) is 8.66. The molecule has 1 heterocycles. The average molecular weight is 202 g/mol. The first-order chi connectivity index (χ1) is 7.35. The summed E-state index contributed by atoms with van der Waals surface area (Å²) < 4.78 is 11.1. The minimum atomic E-state index is 0.614. The van der Waals surface area contributed by atoms with E-state index in [-0.39, 0.29) is 0 Å². The zero-order valence-corrected chi connectivity index (χ0v) is 8.66. The van der Waals surface area contributed by atoms with Crippen LogP contribution in [0.2, 0.25) is 0 Å². The summed E-state index contributed by atoms with van der Waals surface area (Å²) in [6.07, 6.45) is 8.43. The van der Waals surface area contributed by atoms with E-state index < -0.39 is 0 Å². The number of ether oxygens (including phenoxy) is 2. The smallest absolute Gasteiger partial charge is 0.158 e. The van der Waals surface area contributed by atoms with Gasteiger partial charge in [0.1, 0.15) is 19.0 Å². The van der Waals surface area contributed by atoms with Gasteiger partial charge in [-0.2, -0.15) is 0 Å². The van der Waals surface area contributed by atoms with Crippen molar-refractivity contribution in [3.8, 4) is 0 Å². The lowest BCUT2D eigenvalue weighted by molar-refractivity contribution is 0.0674. The SMILES string of the molecule is C=CC1=CCC2=C(C=C1C=C)OCCO2. The predicted octanol–water partition coefficient (Wildman–Crippen LogP) is 2.87. The molecule has 15 heavy (non-hydrogen) atoms. The standard InChI is InChI=1S/C13H14O2/c1-3-10-5-6-12-13(9-11(10)4-2)15-8-7-14-12/h3-5,9H,1-2,6-8H2. The van der Waals surface area contributed by atoms with Gasteiger partial charge in [0.05, 0.1) is 0 Å². The molecule has 0 aromatic heterocycles. The molecule has 2 aliphatic rings. The number of hydrogen-bond acceptors (Lipinski definition) is 2.